The van der Waals surface area contributed by atoms with Crippen LogP contribution in [-0.4, -0.2) is 16.1 Å². The Bertz CT molecular complexity index is 728. The van der Waals surface area contributed by atoms with Crippen LogP contribution in [0.3, 0.4) is 0 Å². The van der Waals surface area contributed by atoms with Crippen molar-refractivity contribution in [2.45, 2.75) is 0 Å². The number of aromatic carboxylic acids is 1. The van der Waals surface area contributed by atoms with Gasteiger partial charge in [-0.15, -0.1) is 0 Å². The van der Waals surface area contributed by atoms with Gasteiger partial charge in [-0.05, 0) is 48.5 Å². The molecule has 3 rings (SSSR count). The predicted molar refractivity (Wildman–Crippen MR) is 71.8 cm³/mol. The molecular formula is C15H11NO3. The second kappa shape index (κ2) is 4.49. The molecule has 1 aromatic heterocycles. The van der Waals surface area contributed by atoms with Crippen molar-refractivity contribution in [2.24, 2.45) is 0 Å². The number of nitrogens with one attached hydrogen (secondary N) is 1. The fourth-order valence-corrected chi connectivity index (χ4v) is 1.90. The van der Waals surface area contributed by atoms with E-state index in [0.29, 0.717) is 5.75 Å². The Hall–Kier alpha value is -2.75. The first-order valence-electron chi connectivity index (χ1n) is 5.81. The number of carboxylic acids is 1. The topological polar surface area (TPSA) is 62.3 Å². The number of aromatic amines is 1. The van der Waals surface area contributed by atoms with Crippen molar-refractivity contribution in [2.75, 3.05) is 0 Å². The lowest BCUT2D eigenvalue weighted by Crippen LogP contribution is -1.95. The predicted octanol–water partition coefficient (Wildman–Crippen LogP) is 3.66. The van der Waals surface area contributed by atoms with Crippen LogP contribution in [0.1, 0.15) is 10.4 Å². The quantitative estimate of drug-likeness (QED) is 0.748. The minimum absolute atomic E-state index is 0.244. The molecule has 0 amide bonds. The van der Waals surface area contributed by atoms with Crippen LogP contribution in [0.5, 0.6) is 11.5 Å². The van der Waals surface area contributed by atoms with Gasteiger partial charge < -0.3 is 14.8 Å². The fourth-order valence-electron chi connectivity index (χ4n) is 1.90. The molecular weight excluding hydrogens is 242 g/mol. The van der Waals surface area contributed by atoms with Crippen LogP contribution in [0.15, 0.2) is 54.7 Å². The van der Waals surface area contributed by atoms with Crippen LogP contribution in [-0.2, 0) is 0 Å². The average Bonchev–Trinajstić information content (AvgIpc) is 2.87. The molecule has 0 fully saturated rings. The van der Waals surface area contributed by atoms with E-state index in [1.807, 2.05) is 30.5 Å². The van der Waals surface area contributed by atoms with E-state index >= 15 is 0 Å². The molecule has 0 radical (unpaired) electrons. The van der Waals surface area contributed by atoms with Crippen LogP contribution in [0.25, 0.3) is 10.9 Å². The van der Waals surface area contributed by atoms with Crippen LogP contribution in [0.4, 0.5) is 0 Å². The molecule has 0 bridgehead atoms. The molecule has 19 heavy (non-hydrogen) atoms. The summed E-state index contributed by atoms with van der Waals surface area (Å²) in [4.78, 5) is 13.9. The lowest BCUT2D eigenvalue weighted by Gasteiger charge is -2.06. The highest BCUT2D eigenvalue weighted by Crippen LogP contribution is 2.25. The third-order valence-electron chi connectivity index (χ3n) is 2.86. The number of benzene rings is 2. The third kappa shape index (κ3) is 2.28. The van der Waals surface area contributed by atoms with Gasteiger partial charge in [-0.1, -0.05) is 0 Å². The maximum atomic E-state index is 10.7. The minimum Gasteiger partial charge on any atom is -0.478 e. The van der Waals surface area contributed by atoms with Crippen LogP contribution >= 0.6 is 0 Å². The second-order valence-electron chi connectivity index (χ2n) is 4.16. The first-order chi connectivity index (χ1) is 9.22. The second-order valence-corrected chi connectivity index (χ2v) is 4.16. The number of fused-ring (bicyclic) bond motifs is 1. The summed E-state index contributed by atoms with van der Waals surface area (Å²) in [5, 5.41) is 9.88. The van der Waals surface area contributed by atoms with E-state index in [1.165, 1.54) is 12.1 Å². The standard InChI is InChI=1S/C15H11NO3/c17-15(18)10-1-3-12(4-2-10)19-13-5-6-14-11(9-13)7-8-16-14/h1-9,16H,(H,17,18). The van der Waals surface area contributed by atoms with E-state index in [-0.39, 0.29) is 5.56 Å². The minimum atomic E-state index is -0.944. The number of carbonyl (C=O) groups is 1. The van der Waals surface area contributed by atoms with E-state index in [4.69, 9.17) is 9.84 Å². The summed E-state index contributed by atoms with van der Waals surface area (Å²) in [5.41, 5.74) is 1.29. The monoisotopic (exact) mass is 253 g/mol. The summed E-state index contributed by atoms with van der Waals surface area (Å²) in [5.74, 6) is 0.385. The summed E-state index contributed by atoms with van der Waals surface area (Å²) >= 11 is 0. The zero-order chi connectivity index (χ0) is 13.2. The van der Waals surface area contributed by atoms with Crippen molar-refractivity contribution in [3.63, 3.8) is 0 Å². The van der Waals surface area contributed by atoms with Crippen LogP contribution in [0.2, 0.25) is 0 Å². The van der Waals surface area contributed by atoms with E-state index in [9.17, 15) is 4.79 Å². The highest BCUT2D eigenvalue weighted by Gasteiger charge is 2.03. The summed E-state index contributed by atoms with van der Waals surface area (Å²) in [6, 6.07) is 14.0. The van der Waals surface area contributed by atoms with Gasteiger partial charge in [-0.2, -0.15) is 0 Å². The molecule has 0 saturated heterocycles. The van der Waals surface area contributed by atoms with Crippen molar-refractivity contribution in [1.29, 1.82) is 0 Å². The number of H-pyrrole nitrogens is 1. The molecule has 0 atom stereocenters. The van der Waals surface area contributed by atoms with Gasteiger partial charge in [-0.3, -0.25) is 0 Å². The number of rotatable bonds is 3. The molecule has 4 nitrogen and oxygen atoms in total. The zero-order valence-electron chi connectivity index (χ0n) is 9.96. The molecule has 3 aromatic rings. The Morgan fingerprint density at radius 2 is 1.74 bits per heavy atom. The van der Waals surface area contributed by atoms with E-state index in [2.05, 4.69) is 4.98 Å². The van der Waals surface area contributed by atoms with Gasteiger partial charge in [0, 0.05) is 17.1 Å². The molecule has 2 N–H and O–H groups in total. The Morgan fingerprint density at radius 1 is 1.00 bits per heavy atom. The van der Waals surface area contributed by atoms with E-state index in [1.54, 1.807) is 12.1 Å². The van der Waals surface area contributed by atoms with Crippen LogP contribution < -0.4 is 4.74 Å². The maximum Gasteiger partial charge on any atom is 0.335 e. The molecule has 0 aliphatic rings. The highest BCUT2D eigenvalue weighted by molar-refractivity contribution is 5.87. The van der Waals surface area contributed by atoms with E-state index in [0.717, 1.165) is 16.7 Å². The number of hydrogen-bond acceptors (Lipinski definition) is 2. The summed E-state index contributed by atoms with van der Waals surface area (Å²) in [6.07, 6.45) is 1.87. The largest absolute Gasteiger partial charge is 0.478 e. The first-order valence-corrected chi connectivity index (χ1v) is 5.81. The maximum absolute atomic E-state index is 10.7. The third-order valence-corrected chi connectivity index (χ3v) is 2.86. The van der Waals surface area contributed by atoms with Gasteiger partial charge in [0.25, 0.3) is 0 Å². The SMILES string of the molecule is O=C(O)c1ccc(Oc2ccc3[nH]ccc3c2)cc1. The molecule has 1 heterocycles. The van der Waals surface area contributed by atoms with Gasteiger partial charge in [0.2, 0.25) is 0 Å². The molecule has 0 spiro atoms. The van der Waals surface area contributed by atoms with Crippen molar-refractivity contribution in [1.82, 2.24) is 4.98 Å². The molecule has 94 valence electrons. The lowest BCUT2D eigenvalue weighted by molar-refractivity contribution is 0.0697. The normalized spacial score (nSPS) is 10.5. The average molecular weight is 253 g/mol. The summed E-state index contributed by atoms with van der Waals surface area (Å²) < 4.78 is 5.68. The smallest absolute Gasteiger partial charge is 0.335 e. The van der Waals surface area contributed by atoms with E-state index < -0.39 is 5.97 Å². The fraction of sp³-hybridized carbons (Fsp3) is 0. The van der Waals surface area contributed by atoms with Gasteiger partial charge in [0.05, 0.1) is 5.56 Å². The van der Waals surface area contributed by atoms with Gasteiger partial charge >= 0.3 is 5.97 Å². The lowest BCUT2D eigenvalue weighted by atomic mass is 10.2. The molecule has 4 heteroatoms. The molecule has 0 aliphatic carbocycles. The molecule has 0 saturated carbocycles. The van der Waals surface area contributed by atoms with Crippen molar-refractivity contribution in [3.8, 4) is 11.5 Å². The first kappa shape index (κ1) is 11.3. The van der Waals surface area contributed by atoms with Gasteiger partial charge in [0.1, 0.15) is 11.5 Å². The Labute approximate surface area is 109 Å². The van der Waals surface area contributed by atoms with Gasteiger partial charge in [0.15, 0.2) is 0 Å². The highest BCUT2D eigenvalue weighted by atomic mass is 16.5. The number of hydrogen-bond donors (Lipinski definition) is 2. The number of carboxylic acid groups (broad SMARTS) is 1. The molecule has 0 aliphatic heterocycles. The summed E-state index contributed by atoms with van der Waals surface area (Å²) in [6.45, 7) is 0. The Morgan fingerprint density at radius 3 is 2.47 bits per heavy atom. The molecule has 2 aromatic carbocycles. The Balaban J connectivity index is 1.85. The van der Waals surface area contributed by atoms with Crippen molar-refractivity contribution in [3.05, 3.63) is 60.3 Å². The molecule has 0 unspecified atom stereocenters. The van der Waals surface area contributed by atoms with Crippen molar-refractivity contribution < 1.29 is 14.6 Å². The summed E-state index contributed by atoms with van der Waals surface area (Å²) in [7, 11) is 0. The van der Waals surface area contributed by atoms with Crippen LogP contribution in [0, 0.1) is 0 Å². The Kier molecular flexibility index (Phi) is 2.68. The zero-order valence-corrected chi connectivity index (χ0v) is 9.96. The number of aromatic nitrogens is 1. The number of ether oxygens (including phenoxy) is 1. The van der Waals surface area contributed by atoms with Gasteiger partial charge in [-0.25, -0.2) is 4.79 Å². The van der Waals surface area contributed by atoms with Crippen molar-refractivity contribution >= 4 is 16.9 Å².